The molecule has 2 aromatic rings. The molecule has 0 bridgehead atoms. The Kier molecular flexibility index (Phi) is 7.33. The molecule has 5 nitrogen and oxygen atoms in total. The molecule has 8 heteroatoms. The highest BCUT2D eigenvalue weighted by Gasteiger charge is 2.31. The van der Waals surface area contributed by atoms with Crippen LogP contribution in [0.1, 0.15) is 40.4 Å². The summed E-state index contributed by atoms with van der Waals surface area (Å²) in [6, 6.07) is 12.6. The van der Waals surface area contributed by atoms with Crippen molar-refractivity contribution in [1.82, 2.24) is 15.5 Å². The molecule has 2 aromatic carbocycles. The van der Waals surface area contributed by atoms with Gasteiger partial charge in [-0.05, 0) is 42.2 Å². The number of likely N-dealkylation sites (tertiary alicyclic amines) is 1. The van der Waals surface area contributed by atoms with E-state index in [0.717, 1.165) is 38.1 Å². The number of aryl methyl sites for hydroxylation is 1. The van der Waals surface area contributed by atoms with Gasteiger partial charge in [0, 0.05) is 31.2 Å². The minimum absolute atomic E-state index is 0.0205. The summed E-state index contributed by atoms with van der Waals surface area (Å²) in [7, 11) is 0. The maximum Gasteiger partial charge on any atom is 0.416 e. The molecule has 1 heterocycles. The van der Waals surface area contributed by atoms with E-state index in [1.807, 2.05) is 0 Å². The van der Waals surface area contributed by atoms with E-state index in [0.29, 0.717) is 6.54 Å². The number of nitrogens with zero attached hydrogens (tertiary/aromatic N) is 1. The summed E-state index contributed by atoms with van der Waals surface area (Å²) in [6.45, 7) is 4.21. The summed E-state index contributed by atoms with van der Waals surface area (Å²) < 4.78 is 38.3. The zero-order valence-corrected chi connectivity index (χ0v) is 17.3. The van der Waals surface area contributed by atoms with Gasteiger partial charge in [-0.25, -0.2) is 0 Å². The second-order valence-electron chi connectivity index (χ2n) is 7.72. The van der Waals surface area contributed by atoms with Gasteiger partial charge >= 0.3 is 6.18 Å². The molecule has 0 radical (unpaired) electrons. The lowest BCUT2D eigenvalue weighted by atomic mass is 10.1. The van der Waals surface area contributed by atoms with Gasteiger partial charge in [0.1, 0.15) is 0 Å². The molecule has 0 spiro atoms. The fourth-order valence-electron chi connectivity index (χ4n) is 3.61. The molecule has 166 valence electrons. The zero-order chi connectivity index (χ0) is 22.4. The first-order valence-corrected chi connectivity index (χ1v) is 10.3. The number of hydrogen-bond acceptors (Lipinski definition) is 3. The van der Waals surface area contributed by atoms with Gasteiger partial charge in [0.15, 0.2) is 0 Å². The van der Waals surface area contributed by atoms with E-state index in [-0.39, 0.29) is 24.1 Å². The molecule has 2 amide bonds. The van der Waals surface area contributed by atoms with Gasteiger partial charge in [-0.3, -0.25) is 14.5 Å². The van der Waals surface area contributed by atoms with Crippen LogP contribution in [0, 0.1) is 0 Å². The Hall–Kier alpha value is -2.87. The number of rotatable bonds is 7. The second-order valence-corrected chi connectivity index (χ2v) is 7.72. The van der Waals surface area contributed by atoms with E-state index in [1.54, 1.807) is 0 Å². The first-order valence-electron chi connectivity index (χ1n) is 10.3. The van der Waals surface area contributed by atoms with Crippen LogP contribution in [-0.4, -0.2) is 42.4 Å². The molecule has 1 aliphatic rings. The van der Waals surface area contributed by atoms with Gasteiger partial charge in [-0.1, -0.05) is 37.3 Å². The Morgan fingerprint density at radius 2 is 1.81 bits per heavy atom. The number of hydrogen-bond donors (Lipinski definition) is 2. The van der Waals surface area contributed by atoms with Crippen molar-refractivity contribution in [2.75, 3.05) is 19.6 Å². The summed E-state index contributed by atoms with van der Waals surface area (Å²) in [5, 5.41) is 5.26. The van der Waals surface area contributed by atoms with Gasteiger partial charge in [0.05, 0.1) is 12.1 Å². The Labute approximate surface area is 179 Å². The fourth-order valence-corrected chi connectivity index (χ4v) is 3.61. The lowest BCUT2D eigenvalue weighted by Gasteiger charge is -2.17. The molecule has 1 atom stereocenters. The molecule has 2 N–H and O–H groups in total. The lowest BCUT2D eigenvalue weighted by Crippen LogP contribution is -2.43. The number of nitrogens with one attached hydrogen (secondary N) is 2. The van der Waals surface area contributed by atoms with Crippen molar-refractivity contribution in [3.05, 3.63) is 70.8 Å². The third kappa shape index (κ3) is 6.55. The van der Waals surface area contributed by atoms with Crippen molar-refractivity contribution in [2.45, 2.75) is 38.5 Å². The van der Waals surface area contributed by atoms with Gasteiger partial charge in [-0.15, -0.1) is 0 Å². The van der Waals surface area contributed by atoms with Crippen molar-refractivity contribution in [1.29, 1.82) is 0 Å². The van der Waals surface area contributed by atoms with Crippen LogP contribution in [0.3, 0.4) is 0 Å². The third-order valence-electron chi connectivity index (χ3n) is 5.34. The molecule has 1 fully saturated rings. The molecule has 0 aliphatic carbocycles. The number of carbonyl (C=O) groups excluding carboxylic acids is 2. The topological polar surface area (TPSA) is 61.4 Å². The van der Waals surface area contributed by atoms with Crippen molar-refractivity contribution in [3.8, 4) is 0 Å². The molecule has 31 heavy (non-hydrogen) atoms. The van der Waals surface area contributed by atoms with Crippen LogP contribution in [0.4, 0.5) is 13.2 Å². The summed E-state index contributed by atoms with van der Waals surface area (Å²) in [5.74, 6) is -1.08. The van der Waals surface area contributed by atoms with Gasteiger partial charge in [0.2, 0.25) is 5.91 Å². The highest BCUT2D eigenvalue weighted by Crippen LogP contribution is 2.29. The van der Waals surface area contributed by atoms with E-state index in [1.165, 1.54) is 23.3 Å². The standard InChI is InChI=1S/C23H26F3N3O2/c1-2-16-6-8-17(9-7-16)14-29-11-10-20(15-29)28-21(30)13-27-22(31)18-4-3-5-19(12-18)23(24,25)26/h3-9,12,20H,2,10-11,13-15H2,1H3,(H,27,31)(H,28,30)/t20-/m1/s1. The van der Waals surface area contributed by atoms with Crippen LogP contribution in [-0.2, 0) is 23.9 Å². The average Bonchev–Trinajstić information content (AvgIpc) is 3.18. The van der Waals surface area contributed by atoms with E-state index >= 15 is 0 Å². The molecule has 1 aliphatic heterocycles. The minimum atomic E-state index is -4.53. The molecule has 0 saturated carbocycles. The smallest absolute Gasteiger partial charge is 0.350 e. The number of amides is 2. The van der Waals surface area contributed by atoms with Crippen molar-refractivity contribution < 1.29 is 22.8 Å². The Bertz CT molecular complexity index is 913. The Morgan fingerprint density at radius 3 is 2.48 bits per heavy atom. The monoisotopic (exact) mass is 433 g/mol. The second kappa shape index (κ2) is 9.96. The minimum Gasteiger partial charge on any atom is -0.350 e. The maximum absolute atomic E-state index is 12.8. The number of carbonyl (C=O) groups is 2. The van der Waals surface area contributed by atoms with E-state index in [4.69, 9.17) is 0 Å². The molecular formula is C23H26F3N3O2. The molecular weight excluding hydrogens is 407 g/mol. The summed E-state index contributed by atoms with van der Waals surface area (Å²) >= 11 is 0. The van der Waals surface area contributed by atoms with E-state index < -0.39 is 17.6 Å². The average molecular weight is 433 g/mol. The van der Waals surface area contributed by atoms with E-state index in [2.05, 4.69) is 46.7 Å². The molecule has 1 saturated heterocycles. The lowest BCUT2D eigenvalue weighted by molar-refractivity contribution is -0.137. The zero-order valence-electron chi connectivity index (χ0n) is 17.3. The summed E-state index contributed by atoms with van der Waals surface area (Å²) in [5.41, 5.74) is 1.48. The van der Waals surface area contributed by atoms with Crippen molar-refractivity contribution in [3.63, 3.8) is 0 Å². The van der Waals surface area contributed by atoms with Crippen LogP contribution in [0.5, 0.6) is 0 Å². The summed E-state index contributed by atoms with van der Waals surface area (Å²) in [6.07, 6.45) is -2.72. The molecule has 0 unspecified atom stereocenters. The number of benzene rings is 2. The van der Waals surface area contributed by atoms with Gasteiger partial charge < -0.3 is 10.6 Å². The van der Waals surface area contributed by atoms with Gasteiger partial charge in [0.25, 0.3) is 5.91 Å². The van der Waals surface area contributed by atoms with Crippen LogP contribution in [0.25, 0.3) is 0 Å². The molecule has 3 rings (SSSR count). The predicted molar refractivity (Wildman–Crippen MR) is 111 cm³/mol. The van der Waals surface area contributed by atoms with Crippen LogP contribution in [0.15, 0.2) is 48.5 Å². The fraction of sp³-hybridized carbons (Fsp3) is 0.391. The highest BCUT2D eigenvalue weighted by atomic mass is 19.4. The van der Waals surface area contributed by atoms with Crippen LogP contribution < -0.4 is 10.6 Å². The van der Waals surface area contributed by atoms with Crippen LogP contribution >= 0.6 is 0 Å². The number of alkyl halides is 3. The SMILES string of the molecule is CCc1ccc(CN2CC[C@@H](NC(=O)CNC(=O)c3cccc(C(F)(F)F)c3)C2)cc1. The third-order valence-corrected chi connectivity index (χ3v) is 5.34. The first kappa shape index (κ1) is 22.8. The Balaban J connectivity index is 1.43. The highest BCUT2D eigenvalue weighted by molar-refractivity contribution is 5.96. The largest absolute Gasteiger partial charge is 0.416 e. The maximum atomic E-state index is 12.8. The predicted octanol–water partition coefficient (Wildman–Crippen LogP) is 3.39. The van der Waals surface area contributed by atoms with Crippen molar-refractivity contribution in [2.24, 2.45) is 0 Å². The normalized spacial score (nSPS) is 16.8. The van der Waals surface area contributed by atoms with Gasteiger partial charge in [-0.2, -0.15) is 13.2 Å². The van der Waals surface area contributed by atoms with Crippen molar-refractivity contribution >= 4 is 11.8 Å². The summed E-state index contributed by atoms with van der Waals surface area (Å²) in [4.78, 5) is 26.5. The first-order chi connectivity index (χ1) is 14.7. The Morgan fingerprint density at radius 1 is 1.10 bits per heavy atom. The quantitative estimate of drug-likeness (QED) is 0.704. The van der Waals surface area contributed by atoms with Crippen LogP contribution in [0.2, 0.25) is 0 Å². The molecule has 0 aromatic heterocycles. The van der Waals surface area contributed by atoms with E-state index in [9.17, 15) is 22.8 Å². The number of halogens is 3.